The van der Waals surface area contributed by atoms with Gasteiger partial charge in [-0.1, -0.05) is 18.2 Å². The van der Waals surface area contributed by atoms with Crippen molar-refractivity contribution in [2.24, 2.45) is 5.73 Å². The van der Waals surface area contributed by atoms with Crippen LogP contribution in [0, 0.1) is 13.8 Å². The first kappa shape index (κ1) is 9.93. The third-order valence-corrected chi connectivity index (χ3v) is 2.14. The highest BCUT2D eigenvalue weighted by Crippen LogP contribution is 2.14. The molecule has 0 saturated heterocycles. The van der Waals surface area contributed by atoms with Gasteiger partial charge in [-0.25, -0.2) is 0 Å². The third-order valence-electron chi connectivity index (χ3n) is 2.14. The Kier molecular flexibility index (Phi) is 2.83. The maximum Gasteiger partial charge on any atom is 0.179 e. The van der Waals surface area contributed by atoms with Gasteiger partial charge in [0.2, 0.25) is 0 Å². The van der Waals surface area contributed by atoms with Gasteiger partial charge in [0.1, 0.15) is 0 Å². The van der Waals surface area contributed by atoms with Crippen molar-refractivity contribution >= 4 is 5.78 Å². The lowest BCUT2D eigenvalue weighted by molar-refractivity contribution is 0.0967. The number of hydrogen-bond acceptors (Lipinski definition) is 2. The average Bonchev–Trinajstić information content (AvgIpc) is 2.03. The summed E-state index contributed by atoms with van der Waals surface area (Å²) in [5.74, 6) is 0.0237. The SMILES string of the molecule is Cc1cccc(C)c1C(=O)C(C)N. The summed E-state index contributed by atoms with van der Waals surface area (Å²) in [7, 11) is 0. The molecule has 2 N–H and O–H groups in total. The van der Waals surface area contributed by atoms with E-state index in [1.165, 1.54) is 0 Å². The van der Waals surface area contributed by atoms with E-state index in [1.807, 2.05) is 32.0 Å². The number of aryl methyl sites for hydroxylation is 2. The zero-order chi connectivity index (χ0) is 10.0. The van der Waals surface area contributed by atoms with Crippen molar-refractivity contribution in [3.63, 3.8) is 0 Å². The summed E-state index contributed by atoms with van der Waals surface area (Å²) in [6.45, 7) is 5.58. The predicted molar refractivity (Wildman–Crippen MR) is 53.9 cm³/mol. The number of hydrogen-bond donors (Lipinski definition) is 1. The number of nitrogens with two attached hydrogens (primary N) is 1. The van der Waals surface area contributed by atoms with Crippen LogP contribution in [0.1, 0.15) is 28.4 Å². The van der Waals surface area contributed by atoms with Crippen LogP contribution in [0.15, 0.2) is 18.2 Å². The summed E-state index contributed by atoms with van der Waals surface area (Å²) >= 11 is 0. The molecule has 0 aromatic heterocycles. The first-order valence-electron chi connectivity index (χ1n) is 4.40. The molecular formula is C11H15NO. The fourth-order valence-electron chi connectivity index (χ4n) is 1.43. The van der Waals surface area contributed by atoms with E-state index in [-0.39, 0.29) is 5.78 Å². The minimum atomic E-state index is -0.417. The van der Waals surface area contributed by atoms with E-state index >= 15 is 0 Å². The number of carbonyl (C=O) groups is 1. The number of Topliss-reactive ketones (excluding diaryl/α,β-unsaturated/α-hetero) is 1. The molecular weight excluding hydrogens is 162 g/mol. The number of benzene rings is 1. The Bertz CT molecular complexity index is 309. The van der Waals surface area contributed by atoms with Gasteiger partial charge in [-0.05, 0) is 31.9 Å². The number of rotatable bonds is 2. The topological polar surface area (TPSA) is 43.1 Å². The van der Waals surface area contributed by atoms with Crippen LogP contribution in [0.5, 0.6) is 0 Å². The Hall–Kier alpha value is -1.15. The molecule has 0 spiro atoms. The van der Waals surface area contributed by atoms with Gasteiger partial charge >= 0.3 is 0 Å². The minimum absolute atomic E-state index is 0.0237. The minimum Gasteiger partial charge on any atom is -0.321 e. The summed E-state index contributed by atoms with van der Waals surface area (Å²) in [6, 6.07) is 5.40. The van der Waals surface area contributed by atoms with Crippen molar-refractivity contribution in [3.8, 4) is 0 Å². The summed E-state index contributed by atoms with van der Waals surface area (Å²) < 4.78 is 0. The van der Waals surface area contributed by atoms with Crippen molar-refractivity contribution in [3.05, 3.63) is 34.9 Å². The Morgan fingerprint density at radius 1 is 1.31 bits per heavy atom. The first-order valence-corrected chi connectivity index (χ1v) is 4.40. The van der Waals surface area contributed by atoms with Crippen molar-refractivity contribution in [1.29, 1.82) is 0 Å². The predicted octanol–water partition coefficient (Wildman–Crippen LogP) is 1.83. The van der Waals surface area contributed by atoms with Crippen LogP contribution < -0.4 is 5.73 Å². The molecule has 1 atom stereocenters. The Morgan fingerprint density at radius 3 is 2.15 bits per heavy atom. The van der Waals surface area contributed by atoms with Crippen LogP contribution in [-0.4, -0.2) is 11.8 Å². The van der Waals surface area contributed by atoms with Crippen LogP contribution >= 0.6 is 0 Å². The quantitative estimate of drug-likeness (QED) is 0.700. The Labute approximate surface area is 78.8 Å². The van der Waals surface area contributed by atoms with Crippen molar-refractivity contribution < 1.29 is 4.79 Å². The molecule has 0 heterocycles. The van der Waals surface area contributed by atoms with E-state index in [4.69, 9.17) is 5.73 Å². The largest absolute Gasteiger partial charge is 0.321 e. The van der Waals surface area contributed by atoms with Crippen molar-refractivity contribution in [2.75, 3.05) is 0 Å². The lowest BCUT2D eigenvalue weighted by Gasteiger charge is -2.10. The summed E-state index contributed by atoms with van der Waals surface area (Å²) in [6.07, 6.45) is 0. The maximum absolute atomic E-state index is 11.7. The van der Waals surface area contributed by atoms with E-state index in [0.717, 1.165) is 16.7 Å². The van der Waals surface area contributed by atoms with Crippen molar-refractivity contribution in [2.45, 2.75) is 26.8 Å². The molecule has 13 heavy (non-hydrogen) atoms. The first-order chi connectivity index (χ1) is 6.04. The van der Waals surface area contributed by atoms with Gasteiger partial charge in [0, 0.05) is 5.56 Å². The molecule has 1 unspecified atom stereocenters. The second-order valence-corrected chi connectivity index (χ2v) is 3.42. The van der Waals surface area contributed by atoms with Gasteiger partial charge < -0.3 is 5.73 Å². The van der Waals surface area contributed by atoms with E-state index in [2.05, 4.69) is 0 Å². The highest BCUT2D eigenvalue weighted by molar-refractivity contribution is 6.02. The van der Waals surface area contributed by atoms with Crippen molar-refractivity contribution in [1.82, 2.24) is 0 Å². The van der Waals surface area contributed by atoms with Crippen LogP contribution in [0.2, 0.25) is 0 Å². The zero-order valence-corrected chi connectivity index (χ0v) is 8.29. The summed E-state index contributed by atoms with van der Waals surface area (Å²) in [5.41, 5.74) is 8.34. The van der Waals surface area contributed by atoms with Gasteiger partial charge in [-0.15, -0.1) is 0 Å². The van der Waals surface area contributed by atoms with E-state index < -0.39 is 6.04 Å². The highest BCUT2D eigenvalue weighted by Gasteiger charge is 2.14. The fourth-order valence-corrected chi connectivity index (χ4v) is 1.43. The van der Waals surface area contributed by atoms with Gasteiger partial charge in [0.15, 0.2) is 5.78 Å². The van der Waals surface area contributed by atoms with Crippen LogP contribution in [0.25, 0.3) is 0 Å². The molecule has 1 aromatic carbocycles. The van der Waals surface area contributed by atoms with Gasteiger partial charge in [-0.2, -0.15) is 0 Å². The molecule has 0 bridgehead atoms. The van der Waals surface area contributed by atoms with Crippen LogP contribution in [-0.2, 0) is 0 Å². The second-order valence-electron chi connectivity index (χ2n) is 3.42. The van der Waals surface area contributed by atoms with Gasteiger partial charge in [0.05, 0.1) is 6.04 Å². The normalized spacial score (nSPS) is 12.6. The molecule has 2 nitrogen and oxygen atoms in total. The molecule has 0 radical (unpaired) electrons. The lowest BCUT2D eigenvalue weighted by Crippen LogP contribution is -2.27. The van der Waals surface area contributed by atoms with E-state index in [0.29, 0.717) is 0 Å². The van der Waals surface area contributed by atoms with Gasteiger partial charge in [-0.3, -0.25) is 4.79 Å². The second kappa shape index (κ2) is 3.71. The molecule has 0 aliphatic carbocycles. The fraction of sp³-hybridized carbons (Fsp3) is 0.364. The average molecular weight is 177 g/mol. The van der Waals surface area contributed by atoms with Gasteiger partial charge in [0.25, 0.3) is 0 Å². The summed E-state index contributed by atoms with van der Waals surface area (Å²) in [4.78, 5) is 11.7. The molecule has 1 aromatic rings. The van der Waals surface area contributed by atoms with E-state index in [9.17, 15) is 4.79 Å². The third kappa shape index (κ3) is 1.95. The maximum atomic E-state index is 11.7. The standard InChI is InChI=1S/C11H15NO/c1-7-5-4-6-8(2)10(7)11(13)9(3)12/h4-6,9H,12H2,1-3H3. The molecule has 1 rings (SSSR count). The zero-order valence-electron chi connectivity index (χ0n) is 8.29. The highest BCUT2D eigenvalue weighted by atomic mass is 16.1. The number of carbonyl (C=O) groups excluding carboxylic acids is 1. The Morgan fingerprint density at radius 2 is 1.77 bits per heavy atom. The molecule has 70 valence electrons. The molecule has 0 aliphatic heterocycles. The van der Waals surface area contributed by atoms with Crippen LogP contribution in [0.3, 0.4) is 0 Å². The molecule has 0 saturated carbocycles. The molecule has 0 aliphatic rings. The molecule has 0 amide bonds. The monoisotopic (exact) mass is 177 g/mol. The van der Waals surface area contributed by atoms with Crippen LogP contribution in [0.4, 0.5) is 0 Å². The molecule has 2 heteroatoms. The molecule has 0 fully saturated rings. The summed E-state index contributed by atoms with van der Waals surface area (Å²) in [5, 5.41) is 0. The number of ketones is 1. The van der Waals surface area contributed by atoms with E-state index in [1.54, 1.807) is 6.92 Å². The Balaban J connectivity index is 3.20. The smallest absolute Gasteiger partial charge is 0.179 e. The lowest BCUT2D eigenvalue weighted by atomic mass is 9.96.